The number of aromatic nitrogens is 2. The number of hydrogen-bond donors (Lipinski definition) is 2. The van der Waals surface area contributed by atoms with Crippen LogP contribution in [0.1, 0.15) is 32.5 Å². The van der Waals surface area contributed by atoms with E-state index in [-0.39, 0.29) is 0 Å². The average molecular weight is 293 g/mol. The SMILES string of the molecule is CCCNc1cc(NC2CCN(C)C2)nc(COCC)n1. The molecule has 0 radical (unpaired) electrons. The minimum Gasteiger partial charge on any atom is -0.374 e. The van der Waals surface area contributed by atoms with Crippen molar-refractivity contribution in [2.24, 2.45) is 0 Å². The third-order valence-corrected chi connectivity index (χ3v) is 3.51. The summed E-state index contributed by atoms with van der Waals surface area (Å²) in [6.07, 6.45) is 2.22. The third kappa shape index (κ3) is 5.13. The summed E-state index contributed by atoms with van der Waals surface area (Å²) in [6, 6.07) is 2.45. The first kappa shape index (κ1) is 16.0. The maximum Gasteiger partial charge on any atom is 0.158 e. The number of rotatable bonds is 8. The van der Waals surface area contributed by atoms with E-state index in [9.17, 15) is 0 Å². The second-order valence-electron chi connectivity index (χ2n) is 5.51. The van der Waals surface area contributed by atoms with Crippen LogP contribution in [0.15, 0.2) is 6.07 Å². The Hall–Kier alpha value is -1.40. The van der Waals surface area contributed by atoms with Crippen LogP contribution in [0.3, 0.4) is 0 Å². The van der Waals surface area contributed by atoms with Gasteiger partial charge in [-0.25, -0.2) is 9.97 Å². The molecule has 1 unspecified atom stereocenters. The molecule has 2 rings (SSSR count). The standard InChI is InChI=1S/C15H27N5O/c1-4-7-16-13-9-14(17-12-6-8-20(3)10-12)19-15(18-13)11-21-5-2/h9,12H,4-8,10-11H2,1-3H3,(H2,16,17,18,19). The highest BCUT2D eigenvalue weighted by molar-refractivity contribution is 5.48. The molecular formula is C15H27N5O. The van der Waals surface area contributed by atoms with Gasteiger partial charge in [0, 0.05) is 31.8 Å². The Morgan fingerprint density at radius 2 is 2.14 bits per heavy atom. The second kappa shape index (κ2) is 8.14. The monoisotopic (exact) mass is 293 g/mol. The summed E-state index contributed by atoms with van der Waals surface area (Å²) in [6.45, 7) is 8.35. The summed E-state index contributed by atoms with van der Waals surface area (Å²) in [5.41, 5.74) is 0. The fourth-order valence-electron chi connectivity index (χ4n) is 2.43. The molecule has 0 saturated carbocycles. The van der Waals surface area contributed by atoms with Crippen molar-refractivity contribution in [3.05, 3.63) is 11.9 Å². The van der Waals surface area contributed by atoms with Crippen LogP contribution in [0.25, 0.3) is 0 Å². The van der Waals surface area contributed by atoms with E-state index in [0.29, 0.717) is 19.3 Å². The Morgan fingerprint density at radius 3 is 2.81 bits per heavy atom. The van der Waals surface area contributed by atoms with Gasteiger partial charge in [-0.15, -0.1) is 0 Å². The summed E-state index contributed by atoms with van der Waals surface area (Å²) in [7, 11) is 2.15. The molecule has 1 atom stereocenters. The fraction of sp³-hybridized carbons (Fsp3) is 0.733. The predicted molar refractivity (Wildman–Crippen MR) is 85.7 cm³/mol. The number of nitrogens with one attached hydrogen (secondary N) is 2. The van der Waals surface area contributed by atoms with Crippen LogP contribution in [-0.4, -0.2) is 54.2 Å². The predicted octanol–water partition coefficient (Wildman–Crippen LogP) is 1.95. The first-order chi connectivity index (χ1) is 10.2. The Balaban J connectivity index is 2.06. The van der Waals surface area contributed by atoms with E-state index in [1.54, 1.807) is 0 Å². The van der Waals surface area contributed by atoms with Gasteiger partial charge in [0.25, 0.3) is 0 Å². The number of nitrogens with zero attached hydrogens (tertiary/aromatic N) is 3. The Kier molecular flexibility index (Phi) is 6.20. The van der Waals surface area contributed by atoms with Crippen LogP contribution in [0, 0.1) is 0 Å². The molecular weight excluding hydrogens is 266 g/mol. The molecule has 1 aromatic heterocycles. The van der Waals surface area contributed by atoms with Gasteiger partial charge < -0.3 is 20.3 Å². The fourth-order valence-corrected chi connectivity index (χ4v) is 2.43. The van der Waals surface area contributed by atoms with Crippen molar-refractivity contribution in [2.45, 2.75) is 39.3 Å². The summed E-state index contributed by atoms with van der Waals surface area (Å²) < 4.78 is 5.43. The molecule has 6 nitrogen and oxygen atoms in total. The molecule has 1 aliphatic rings. The Labute approximate surface area is 127 Å². The minimum absolute atomic E-state index is 0.456. The lowest BCUT2D eigenvalue weighted by molar-refractivity contribution is 0.128. The smallest absolute Gasteiger partial charge is 0.158 e. The van der Waals surface area contributed by atoms with Gasteiger partial charge in [-0.05, 0) is 33.4 Å². The number of hydrogen-bond acceptors (Lipinski definition) is 6. The molecule has 1 saturated heterocycles. The molecule has 1 aromatic rings. The van der Waals surface area contributed by atoms with E-state index in [1.807, 2.05) is 13.0 Å². The zero-order valence-corrected chi connectivity index (χ0v) is 13.4. The molecule has 0 aromatic carbocycles. The van der Waals surface area contributed by atoms with Crippen molar-refractivity contribution in [3.8, 4) is 0 Å². The van der Waals surface area contributed by atoms with Crippen molar-refractivity contribution in [1.82, 2.24) is 14.9 Å². The van der Waals surface area contributed by atoms with Crippen LogP contribution >= 0.6 is 0 Å². The van der Waals surface area contributed by atoms with Crippen LogP contribution in [0.2, 0.25) is 0 Å². The summed E-state index contributed by atoms with van der Waals surface area (Å²) in [5, 5.41) is 6.84. The highest BCUT2D eigenvalue weighted by Crippen LogP contribution is 2.16. The van der Waals surface area contributed by atoms with Crippen LogP contribution in [0.5, 0.6) is 0 Å². The van der Waals surface area contributed by atoms with Crippen molar-refractivity contribution in [1.29, 1.82) is 0 Å². The van der Waals surface area contributed by atoms with Crippen molar-refractivity contribution >= 4 is 11.6 Å². The highest BCUT2D eigenvalue weighted by atomic mass is 16.5. The van der Waals surface area contributed by atoms with Crippen molar-refractivity contribution in [3.63, 3.8) is 0 Å². The maximum absolute atomic E-state index is 5.43. The van der Waals surface area contributed by atoms with E-state index < -0.39 is 0 Å². The van der Waals surface area contributed by atoms with E-state index in [2.05, 4.69) is 39.5 Å². The first-order valence-corrected chi connectivity index (χ1v) is 7.86. The topological polar surface area (TPSA) is 62.3 Å². The molecule has 0 spiro atoms. The maximum atomic E-state index is 5.43. The number of likely N-dealkylation sites (tertiary alicyclic amines) is 1. The van der Waals surface area contributed by atoms with Gasteiger partial charge in [-0.3, -0.25) is 0 Å². The van der Waals surface area contributed by atoms with E-state index in [1.165, 1.54) is 0 Å². The average Bonchev–Trinajstić information content (AvgIpc) is 2.88. The van der Waals surface area contributed by atoms with Gasteiger partial charge in [0.1, 0.15) is 18.2 Å². The highest BCUT2D eigenvalue weighted by Gasteiger charge is 2.19. The number of ether oxygens (including phenoxy) is 1. The zero-order valence-electron chi connectivity index (χ0n) is 13.4. The lowest BCUT2D eigenvalue weighted by atomic mass is 10.2. The van der Waals surface area contributed by atoms with Gasteiger partial charge in [0.15, 0.2) is 5.82 Å². The normalized spacial score (nSPS) is 18.9. The van der Waals surface area contributed by atoms with Gasteiger partial charge in [-0.1, -0.05) is 6.92 Å². The van der Waals surface area contributed by atoms with Crippen molar-refractivity contribution in [2.75, 3.05) is 43.9 Å². The summed E-state index contributed by atoms with van der Waals surface area (Å²) in [5.74, 6) is 2.49. The molecule has 0 aliphatic carbocycles. The number of likely N-dealkylation sites (N-methyl/N-ethyl adjacent to an activating group) is 1. The largest absolute Gasteiger partial charge is 0.374 e. The first-order valence-electron chi connectivity index (χ1n) is 7.86. The molecule has 21 heavy (non-hydrogen) atoms. The molecule has 6 heteroatoms. The Bertz CT molecular complexity index is 414. The van der Waals surface area contributed by atoms with Gasteiger partial charge in [0.2, 0.25) is 0 Å². The van der Waals surface area contributed by atoms with Gasteiger partial charge >= 0.3 is 0 Å². The number of anilines is 2. The molecule has 1 aliphatic heterocycles. The quantitative estimate of drug-likeness (QED) is 0.764. The van der Waals surface area contributed by atoms with E-state index >= 15 is 0 Å². The van der Waals surface area contributed by atoms with Crippen LogP contribution < -0.4 is 10.6 Å². The molecule has 118 valence electrons. The van der Waals surface area contributed by atoms with E-state index in [0.717, 1.165) is 49.9 Å². The zero-order chi connectivity index (χ0) is 15.1. The lowest BCUT2D eigenvalue weighted by Gasteiger charge is -2.15. The summed E-state index contributed by atoms with van der Waals surface area (Å²) in [4.78, 5) is 11.4. The van der Waals surface area contributed by atoms with Crippen LogP contribution in [-0.2, 0) is 11.3 Å². The molecule has 2 N–H and O–H groups in total. The van der Waals surface area contributed by atoms with Crippen molar-refractivity contribution < 1.29 is 4.74 Å². The Morgan fingerprint density at radius 1 is 1.33 bits per heavy atom. The van der Waals surface area contributed by atoms with Gasteiger partial charge in [-0.2, -0.15) is 0 Å². The lowest BCUT2D eigenvalue weighted by Crippen LogP contribution is -2.24. The third-order valence-electron chi connectivity index (χ3n) is 3.51. The summed E-state index contributed by atoms with van der Waals surface area (Å²) >= 11 is 0. The molecule has 2 heterocycles. The van der Waals surface area contributed by atoms with Crippen LogP contribution in [0.4, 0.5) is 11.6 Å². The molecule has 0 amide bonds. The molecule has 1 fully saturated rings. The van der Waals surface area contributed by atoms with E-state index in [4.69, 9.17) is 4.74 Å². The minimum atomic E-state index is 0.456. The molecule has 0 bridgehead atoms. The van der Waals surface area contributed by atoms with Gasteiger partial charge in [0.05, 0.1) is 0 Å². The second-order valence-corrected chi connectivity index (χ2v) is 5.51.